The molecular formula is C37H32ClF2N5O5S. The maximum Gasteiger partial charge on any atom is 0.251 e. The van der Waals surface area contributed by atoms with Crippen molar-refractivity contribution in [3.8, 4) is 22.8 Å². The summed E-state index contributed by atoms with van der Waals surface area (Å²) >= 11 is 7.34. The minimum Gasteiger partial charge on any atom is -0.495 e. The maximum atomic E-state index is 15.5. The van der Waals surface area contributed by atoms with E-state index in [1.54, 1.807) is 25.3 Å². The number of fused-ring (bicyclic) bond motifs is 2. The molecule has 1 fully saturated rings. The largest absolute Gasteiger partial charge is 0.495 e. The normalized spacial score (nSPS) is 18.0. The molecule has 0 saturated heterocycles. The first-order valence-corrected chi connectivity index (χ1v) is 17.2. The fraction of sp³-hybridized carbons (Fsp3) is 0.243. The van der Waals surface area contributed by atoms with Gasteiger partial charge in [0.25, 0.3) is 5.91 Å². The summed E-state index contributed by atoms with van der Waals surface area (Å²) in [6.07, 6.45) is 3.58. The highest BCUT2D eigenvalue weighted by molar-refractivity contribution is 7.19. The van der Waals surface area contributed by atoms with Gasteiger partial charge in [-0.2, -0.15) is 0 Å². The number of amides is 2. The van der Waals surface area contributed by atoms with E-state index in [1.165, 1.54) is 30.6 Å². The number of nitrogen functional groups attached to an aromatic ring is 1. The van der Waals surface area contributed by atoms with Gasteiger partial charge in [-0.05, 0) is 61.5 Å². The Morgan fingerprint density at radius 3 is 2.67 bits per heavy atom. The van der Waals surface area contributed by atoms with E-state index < -0.39 is 41.0 Å². The van der Waals surface area contributed by atoms with Crippen LogP contribution in [0, 0.1) is 11.6 Å². The predicted molar refractivity (Wildman–Crippen MR) is 192 cm³/mol. The molecule has 2 atom stereocenters. The Hall–Kier alpha value is -5.11. The Balaban J connectivity index is 1.37. The lowest BCUT2D eigenvalue weighted by Gasteiger charge is -2.29. The van der Waals surface area contributed by atoms with E-state index in [-0.39, 0.29) is 57.2 Å². The molecule has 0 bridgehead atoms. The molecule has 10 nitrogen and oxygen atoms in total. The maximum absolute atomic E-state index is 15.5. The van der Waals surface area contributed by atoms with Crippen molar-refractivity contribution < 1.29 is 33.0 Å². The Morgan fingerprint density at radius 2 is 1.96 bits per heavy atom. The number of nitrogens with zero attached hydrogens (tertiary/aromatic N) is 2. The van der Waals surface area contributed by atoms with Crippen LogP contribution in [-0.2, 0) is 15.8 Å². The molecule has 1 unspecified atom stereocenters. The first kappa shape index (κ1) is 34.3. The molecular weight excluding hydrogens is 700 g/mol. The van der Waals surface area contributed by atoms with Crippen LogP contribution in [0.5, 0.6) is 11.5 Å². The molecule has 51 heavy (non-hydrogen) atoms. The van der Waals surface area contributed by atoms with Gasteiger partial charge < -0.3 is 31.4 Å². The van der Waals surface area contributed by atoms with Crippen molar-refractivity contribution in [1.82, 2.24) is 10.3 Å². The lowest BCUT2D eigenvalue weighted by atomic mass is 9.81. The molecule has 5 aromatic rings. The van der Waals surface area contributed by atoms with Gasteiger partial charge in [0.1, 0.15) is 40.8 Å². The number of aromatic nitrogens is 1. The molecule has 0 radical (unpaired) electrons. The number of anilines is 1. The molecule has 2 aliphatic rings. The van der Waals surface area contributed by atoms with Crippen molar-refractivity contribution >= 4 is 56.7 Å². The summed E-state index contributed by atoms with van der Waals surface area (Å²) < 4.78 is 41.9. The quantitative estimate of drug-likeness (QED) is 0.0794. The number of thiophene rings is 1. The zero-order valence-electron chi connectivity index (χ0n) is 27.4. The topological polar surface area (TPSA) is 162 Å². The minimum atomic E-state index is -2.07. The van der Waals surface area contributed by atoms with E-state index in [9.17, 15) is 19.1 Å². The molecule has 0 spiro atoms. The van der Waals surface area contributed by atoms with Gasteiger partial charge in [-0.3, -0.25) is 14.6 Å². The average molecular weight is 732 g/mol. The summed E-state index contributed by atoms with van der Waals surface area (Å²) in [7, 11) is 1.44. The van der Waals surface area contributed by atoms with Crippen molar-refractivity contribution in [2.24, 2.45) is 10.7 Å². The summed E-state index contributed by atoms with van der Waals surface area (Å²) in [6, 6.07) is 15.6. The number of carbonyl (C=O) groups is 2. The van der Waals surface area contributed by atoms with Crippen LogP contribution in [0.15, 0.2) is 65.7 Å². The number of primary amides is 1. The first-order valence-electron chi connectivity index (χ1n) is 16.0. The monoisotopic (exact) mass is 731 g/mol. The summed E-state index contributed by atoms with van der Waals surface area (Å²) in [4.78, 5) is 36.2. The molecule has 1 aliphatic carbocycles. The fourth-order valence-corrected chi connectivity index (χ4v) is 7.27. The third kappa shape index (κ3) is 6.15. The van der Waals surface area contributed by atoms with E-state index in [1.807, 2.05) is 24.3 Å². The molecule has 2 aromatic heterocycles. The number of carbonyl (C=O) groups excluding carboxylic acids is 2. The van der Waals surface area contributed by atoms with E-state index in [0.29, 0.717) is 22.2 Å². The molecule has 2 amide bonds. The molecule has 6 N–H and O–H groups in total. The Bertz CT molecular complexity index is 2250. The third-order valence-corrected chi connectivity index (χ3v) is 10.8. The smallest absolute Gasteiger partial charge is 0.251 e. The number of benzene rings is 3. The highest BCUT2D eigenvalue weighted by Gasteiger charge is 2.46. The van der Waals surface area contributed by atoms with Crippen molar-refractivity contribution in [3.05, 3.63) is 105 Å². The third-order valence-electron chi connectivity index (χ3n) is 9.27. The lowest BCUT2D eigenvalue weighted by Crippen LogP contribution is -2.43. The van der Waals surface area contributed by atoms with Crippen molar-refractivity contribution in [1.29, 1.82) is 0 Å². The van der Waals surface area contributed by atoms with Gasteiger partial charge in [0.15, 0.2) is 5.60 Å². The number of nitrogens with one attached hydrogen (secondary N) is 1. The van der Waals surface area contributed by atoms with Crippen LogP contribution in [0.2, 0.25) is 5.02 Å². The molecule has 3 aromatic carbocycles. The molecule has 262 valence electrons. The first-order chi connectivity index (χ1) is 24.3. The summed E-state index contributed by atoms with van der Waals surface area (Å²) in [6.45, 7) is 0.931. The second-order valence-corrected chi connectivity index (χ2v) is 14.3. The Morgan fingerprint density at radius 1 is 1.20 bits per heavy atom. The van der Waals surface area contributed by atoms with Crippen LogP contribution in [0.25, 0.3) is 21.3 Å². The molecule has 3 heterocycles. The van der Waals surface area contributed by atoms with Gasteiger partial charge in [-0.15, -0.1) is 11.3 Å². The number of nitrogens with two attached hydrogens (primary N) is 2. The number of aliphatic imine (C=N–C) groups is 1. The van der Waals surface area contributed by atoms with E-state index in [0.717, 1.165) is 29.0 Å². The molecule has 1 saturated carbocycles. The van der Waals surface area contributed by atoms with Crippen LogP contribution in [-0.4, -0.2) is 54.4 Å². The number of halogens is 3. The molecule has 14 heteroatoms. The van der Waals surface area contributed by atoms with Crippen LogP contribution >= 0.6 is 22.9 Å². The highest BCUT2D eigenvalue weighted by Crippen LogP contribution is 2.48. The summed E-state index contributed by atoms with van der Waals surface area (Å²) in [5.41, 5.74) is 9.47. The summed E-state index contributed by atoms with van der Waals surface area (Å²) in [5.74, 6) is -3.00. The van der Waals surface area contributed by atoms with Crippen LogP contribution in [0.1, 0.15) is 51.8 Å². The second kappa shape index (κ2) is 12.9. The second-order valence-electron chi connectivity index (χ2n) is 12.8. The van der Waals surface area contributed by atoms with Gasteiger partial charge in [-0.1, -0.05) is 29.8 Å². The Kier molecular flexibility index (Phi) is 8.68. The fourth-order valence-electron chi connectivity index (χ4n) is 5.95. The molecule has 7 rings (SSSR count). The zero-order valence-corrected chi connectivity index (χ0v) is 29.0. The highest BCUT2D eigenvalue weighted by atomic mass is 35.5. The van der Waals surface area contributed by atoms with Crippen LogP contribution < -0.4 is 26.3 Å². The van der Waals surface area contributed by atoms with Crippen LogP contribution in [0.3, 0.4) is 0 Å². The van der Waals surface area contributed by atoms with E-state index in [2.05, 4.69) is 10.3 Å². The lowest BCUT2D eigenvalue weighted by molar-refractivity contribution is -0.123. The zero-order chi connectivity index (χ0) is 36.2. The number of hydrogen-bond donors (Lipinski definition) is 4. The summed E-state index contributed by atoms with van der Waals surface area (Å²) in [5, 5.41) is 16.1. The van der Waals surface area contributed by atoms with Gasteiger partial charge in [0.2, 0.25) is 5.91 Å². The number of hydrogen-bond acceptors (Lipinski definition) is 9. The van der Waals surface area contributed by atoms with Crippen molar-refractivity contribution in [3.63, 3.8) is 0 Å². The number of aliphatic hydroxyl groups is 1. The van der Waals surface area contributed by atoms with Gasteiger partial charge >= 0.3 is 0 Å². The average Bonchev–Trinajstić information content (AvgIpc) is 3.73. The van der Waals surface area contributed by atoms with E-state index >= 15 is 4.39 Å². The SMILES string of the molecule is COc1cc(C(=O)NCC(O)(c2cc3c(c(-c4cc(Cl)c(F)cc4F)n2)OC[C@]3(C)C(N)=O)c2cc3ccccc3s2)cc(C=NC2CC2)c1N. The number of methoxy groups -OCH3 is 1. The number of rotatable bonds is 10. The van der Waals surface area contributed by atoms with Crippen molar-refractivity contribution in [2.75, 3.05) is 26.0 Å². The number of pyridine rings is 1. The van der Waals surface area contributed by atoms with Gasteiger partial charge in [0.05, 0.1) is 36.1 Å². The van der Waals surface area contributed by atoms with Crippen LogP contribution in [0.4, 0.5) is 14.5 Å². The molecule has 1 aliphatic heterocycles. The predicted octanol–water partition coefficient (Wildman–Crippen LogP) is 5.87. The van der Waals surface area contributed by atoms with Gasteiger partial charge in [0, 0.05) is 44.1 Å². The Labute approximate surface area is 300 Å². The minimum absolute atomic E-state index is 0.0266. The standard InChI is InChI=1S/C37H32ClF2N5O5S/c1-36(35(42)47)17-50-33-23(36)13-29(45-32(33)22-12-24(38)26(40)14-25(22)39)37(48,30-11-18-5-3-4-6-28(18)51-30)16-44-34(46)19-9-20(15-43-21-7-8-21)31(41)27(10-19)49-2/h3-6,9-15,21,48H,7-8,16-17,41H2,1-2H3,(H2,42,47)(H,44,46)/t36-,37?/m0/s1. The number of ether oxygens (including phenoxy) is 2. The van der Waals surface area contributed by atoms with E-state index in [4.69, 9.17) is 37.5 Å². The van der Waals surface area contributed by atoms with Crippen molar-refractivity contribution in [2.45, 2.75) is 36.8 Å². The van der Waals surface area contributed by atoms with Gasteiger partial charge in [-0.25, -0.2) is 13.8 Å².